The molecule has 2 rings (SSSR count). The van der Waals surface area contributed by atoms with E-state index in [4.69, 9.17) is 10.8 Å². The van der Waals surface area contributed by atoms with Crippen molar-refractivity contribution >= 4 is 11.7 Å². The molecule has 0 radical (unpaired) electrons. The number of nitrogens with two attached hydrogens (primary N) is 1. The molecular weight excluding hydrogens is 192 g/mol. The Labute approximate surface area is 86.6 Å². The molecule has 0 aliphatic carbocycles. The minimum atomic E-state index is -0.981. The fourth-order valence-corrected chi connectivity index (χ4v) is 1.45. The number of hydrogen-bond donors (Lipinski definition) is 2. The van der Waals surface area contributed by atoms with E-state index in [1.54, 1.807) is 29.1 Å². The molecule has 0 bridgehead atoms. The van der Waals surface area contributed by atoms with Crippen LogP contribution in [0.3, 0.4) is 0 Å². The first-order valence-corrected chi connectivity index (χ1v) is 4.44. The molecule has 1 aromatic carbocycles. The van der Waals surface area contributed by atoms with Gasteiger partial charge >= 0.3 is 5.97 Å². The Morgan fingerprint density at radius 3 is 2.53 bits per heavy atom. The molecule has 4 heteroatoms. The quantitative estimate of drug-likeness (QED) is 0.729. The van der Waals surface area contributed by atoms with Crippen LogP contribution in [0.15, 0.2) is 42.7 Å². The lowest BCUT2D eigenvalue weighted by atomic mass is 10.1. The van der Waals surface area contributed by atoms with Gasteiger partial charge in [-0.3, -0.25) is 0 Å². The normalized spacial score (nSPS) is 10.1. The second kappa shape index (κ2) is 3.49. The summed E-state index contributed by atoms with van der Waals surface area (Å²) in [7, 11) is 0. The van der Waals surface area contributed by atoms with Gasteiger partial charge in [0.1, 0.15) is 0 Å². The van der Waals surface area contributed by atoms with E-state index in [1.807, 2.05) is 12.1 Å². The zero-order chi connectivity index (χ0) is 10.8. The summed E-state index contributed by atoms with van der Waals surface area (Å²) in [5, 5.41) is 9.02. The first kappa shape index (κ1) is 9.33. The Balaban J connectivity index is 2.61. The Kier molecular flexibility index (Phi) is 2.17. The number of benzene rings is 1. The van der Waals surface area contributed by atoms with Crippen molar-refractivity contribution in [1.82, 2.24) is 4.57 Å². The van der Waals surface area contributed by atoms with Gasteiger partial charge in [-0.1, -0.05) is 0 Å². The topological polar surface area (TPSA) is 68.2 Å². The van der Waals surface area contributed by atoms with Gasteiger partial charge in [-0.25, -0.2) is 4.79 Å². The second-order valence-corrected chi connectivity index (χ2v) is 3.17. The third-order valence-electron chi connectivity index (χ3n) is 2.13. The van der Waals surface area contributed by atoms with Crippen molar-refractivity contribution in [2.75, 3.05) is 5.73 Å². The highest BCUT2D eigenvalue weighted by Crippen LogP contribution is 2.18. The molecule has 0 aliphatic rings. The molecule has 1 aromatic heterocycles. The smallest absolute Gasteiger partial charge is 0.337 e. The lowest BCUT2D eigenvalue weighted by Gasteiger charge is -2.07. The summed E-state index contributed by atoms with van der Waals surface area (Å²) >= 11 is 0. The third kappa shape index (κ3) is 1.69. The molecule has 0 spiro atoms. The molecule has 2 aromatic rings. The molecule has 15 heavy (non-hydrogen) atoms. The van der Waals surface area contributed by atoms with Crippen LogP contribution in [0.4, 0.5) is 5.69 Å². The standard InChI is InChI=1S/C11H10N2O2/c12-8-3-4-10(9(7-8)11(14)15)13-5-1-2-6-13/h1-7H,12H2,(H,14,15). The number of nitrogen functional groups attached to an aromatic ring is 1. The van der Waals surface area contributed by atoms with Gasteiger partial charge in [-0.15, -0.1) is 0 Å². The van der Waals surface area contributed by atoms with Crippen LogP contribution in [-0.2, 0) is 0 Å². The molecule has 0 fully saturated rings. The highest BCUT2D eigenvalue weighted by Gasteiger charge is 2.10. The summed E-state index contributed by atoms with van der Waals surface area (Å²) in [4.78, 5) is 11.0. The molecule has 1 heterocycles. The molecule has 0 aliphatic heterocycles. The van der Waals surface area contributed by atoms with E-state index in [0.717, 1.165) is 0 Å². The average Bonchev–Trinajstić information content (AvgIpc) is 2.70. The zero-order valence-corrected chi connectivity index (χ0v) is 7.92. The van der Waals surface area contributed by atoms with Crippen molar-refractivity contribution in [1.29, 1.82) is 0 Å². The van der Waals surface area contributed by atoms with Gasteiger partial charge in [0.25, 0.3) is 0 Å². The summed E-state index contributed by atoms with van der Waals surface area (Å²) < 4.78 is 1.74. The molecule has 0 amide bonds. The van der Waals surface area contributed by atoms with Crippen molar-refractivity contribution in [2.45, 2.75) is 0 Å². The Bertz CT molecular complexity index is 489. The molecule has 0 unspecified atom stereocenters. The van der Waals surface area contributed by atoms with Crippen molar-refractivity contribution in [2.24, 2.45) is 0 Å². The number of aromatic carboxylic acids is 1. The molecule has 0 atom stereocenters. The van der Waals surface area contributed by atoms with Gasteiger partial charge < -0.3 is 15.4 Å². The van der Waals surface area contributed by atoms with Gasteiger partial charge in [0, 0.05) is 18.1 Å². The molecule has 4 nitrogen and oxygen atoms in total. The number of carboxylic acid groups (broad SMARTS) is 1. The highest BCUT2D eigenvalue weighted by atomic mass is 16.4. The fourth-order valence-electron chi connectivity index (χ4n) is 1.45. The molecule has 76 valence electrons. The third-order valence-corrected chi connectivity index (χ3v) is 2.13. The molecule has 0 saturated carbocycles. The van der Waals surface area contributed by atoms with Crippen molar-refractivity contribution < 1.29 is 9.90 Å². The molecular formula is C11H10N2O2. The van der Waals surface area contributed by atoms with Gasteiger partial charge in [0.05, 0.1) is 11.3 Å². The number of carboxylic acids is 1. The number of rotatable bonds is 2. The van der Waals surface area contributed by atoms with Gasteiger partial charge in [0.15, 0.2) is 0 Å². The zero-order valence-electron chi connectivity index (χ0n) is 7.92. The largest absolute Gasteiger partial charge is 0.478 e. The summed E-state index contributed by atoms with van der Waals surface area (Å²) in [6, 6.07) is 8.50. The maximum Gasteiger partial charge on any atom is 0.337 e. The van der Waals surface area contributed by atoms with Gasteiger partial charge in [-0.2, -0.15) is 0 Å². The number of carbonyl (C=O) groups is 1. The lowest BCUT2D eigenvalue weighted by Crippen LogP contribution is -2.05. The molecule has 0 saturated heterocycles. The van der Waals surface area contributed by atoms with E-state index < -0.39 is 5.97 Å². The van der Waals surface area contributed by atoms with Crippen LogP contribution in [0.25, 0.3) is 5.69 Å². The van der Waals surface area contributed by atoms with Gasteiger partial charge in [0.2, 0.25) is 0 Å². The number of anilines is 1. The predicted octanol–water partition coefficient (Wildman–Crippen LogP) is 1.76. The van der Waals surface area contributed by atoms with Crippen LogP contribution in [0.1, 0.15) is 10.4 Å². The number of hydrogen-bond acceptors (Lipinski definition) is 2. The van der Waals surface area contributed by atoms with Crippen molar-refractivity contribution in [3.63, 3.8) is 0 Å². The molecule has 3 N–H and O–H groups in total. The summed E-state index contributed by atoms with van der Waals surface area (Å²) in [6.45, 7) is 0. The van der Waals surface area contributed by atoms with Crippen LogP contribution in [0.2, 0.25) is 0 Å². The monoisotopic (exact) mass is 202 g/mol. The van der Waals surface area contributed by atoms with E-state index in [-0.39, 0.29) is 5.56 Å². The van der Waals surface area contributed by atoms with Gasteiger partial charge in [-0.05, 0) is 30.3 Å². The van der Waals surface area contributed by atoms with Crippen LogP contribution in [0.5, 0.6) is 0 Å². The minimum Gasteiger partial charge on any atom is -0.478 e. The minimum absolute atomic E-state index is 0.200. The van der Waals surface area contributed by atoms with E-state index in [1.165, 1.54) is 6.07 Å². The van der Waals surface area contributed by atoms with E-state index >= 15 is 0 Å². The van der Waals surface area contributed by atoms with E-state index in [0.29, 0.717) is 11.4 Å². The summed E-state index contributed by atoms with van der Waals surface area (Å²) in [5.41, 5.74) is 6.81. The van der Waals surface area contributed by atoms with Crippen LogP contribution in [-0.4, -0.2) is 15.6 Å². The second-order valence-electron chi connectivity index (χ2n) is 3.17. The number of nitrogens with zero attached hydrogens (tertiary/aromatic N) is 1. The SMILES string of the molecule is Nc1ccc(-n2cccc2)c(C(=O)O)c1. The lowest BCUT2D eigenvalue weighted by molar-refractivity contribution is 0.0697. The first-order chi connectivity index (χ1) is 7.18. The fraction of sp³-hybridized carbons (Fsp3) is 0. The van der Waals surface area contributed by atoms with Crippen LogP contribution >= 0.6 is 0 Å². The predicted molar refractivity (Wildman–Crippen MR) is 57.1 cm³/mol. The summed E-state index contributed by atoms with van der Waals surface area (Å²) in [6.07, 6.45) is 3.58. The Morgan fingerprint density at radius 2 is 1.93 bits per heavy atom. The highest BCUT2D eigenvalue weighted by molar-refractivity contribution is 5.93. The van der Waals surface area contributed by atoms with Crippen LogP contribution < -0.4 is 5.73 Å². The maximum absolute atomic E-state index is 11.0. The Hall–Kier alpha value is -2.23. The number of aromatic nitrogens is 1. The summed E-state index contributed by atoms with van der Waals surface area (Å²) in [5.74, 6) is -0.981. The first-order valence-electron chi connectivity index (χ1n) is 4.44. The average molecular weight is 202 g/mol. The van der Waals surface area contributed by atoms with Crippen molar-refractivity contribution in [3.8, 4) is 5.69 Å². The Morgan fingerprint density at radius 1 is 1.27 bits per heavy atom. The van der Waals surface area contributed by atoms with E-state index in [2.05, 4.69) is 0 Å². The van der Waals surface area contributed by atoms with Crippen molar-refractivity contribution in [3.05, 3.63) is 48.3 Å². The van der Waals surface area contributed by atoms with Crippen LogP contribution in [0, 0.1) is 0 Å². The van der Waals surface area contributed by atoms with E-state index in [9.17, 15) is 4.79 Å². The maximum atomic E-state index is 11.0.